The van der Waals surface area contributed by atoms with Crippen LogP contribution in [0.2, 0.25) is 0 Å². The fourth-order valence-corrected chi connectivity index (χ4v) is 2.71. The second-order valence-electron chi connectivity index (χ2n) is 5.28. The Balaban J connectivity index is 2.13. The van der Waals surface area contributed by atoms with E-state index in [-0.39, 0.29) is 17.1 Å². The Hall–Kier alpha value is -2.66. The van der Waals surface area contributed by atoms with Gasteiger partial charge in [-0.15, -0.1) is 0 Å². The predicted molar refractivity (Wildman–Crippen MR) is 76.8 cm³/mol. The average molecular weight is 322 g/mol. The summed E-state index contributed by atoms with van der Waals surface area (Å²) in [6.07, 6.45) is -0.810. The van der Waals surface area contributed by atoms with Crippen molar-refractivity contribution in [3.8, 4) is 0 Å². The first-order chi connectivity index (χ1) is 10.9. The van der Waals surface area contributed by atoms with Crippen LogP contribution in [0.25, 0.3) is 21.6 Å². The number of fused-ring (bicyclic) bond motifs is 1. The third kappa shape index (κ3) is 2.12. The Morgan fingerprint density at radius 2 is 2.43 bits per heavy atom. The number of nitrogen functional groups attached to an aromatic ring is 1. The molecule has 0 aliphatic carbocycles. The average Bonchev–Trinajstić information content (AvgIpc) is 3.03. The van der Waals surface area contributed by atoms with Crippen molar-refractivity contribution in [1.29, 1.82) is 0 Å². The molecule has 0 bridgehead atoms. The number of nitrogens with one attached hydrogen (secondary N) is 1. The monoisotopic (exact) mass is 322 g/mol. The molecule has 1 fully saturated rings. The number of rotatable bonds is 3. The quantitative estimate of drug-likeness (QED) is 0.324. The number of ether oxygens (including phenoxy) is 1. The Kier molecular flexibility index (Phi) is 3.45. The zero-order valence-electron chi connectivity index (χ0n) is 12.0. The lowest BCUT2D eigenvalue weighted by molar-refractivity contribution is -0.122. The van der Waals surface area contributed by atoms with Crippen molar-refractivity contribution >= 4 is 17.1 Å². The van der Waals surface area contributed by atoms with Gasteiger partial charge in [0.1, 0.15) is 6.23 Å². The summed E-state index contributed by atoms with van der Waals surface area (Å²) >= 11 is 0. The highest BCUT2D eigenvalue weighted by Gasteiger charge is 2.53. The van der Waals surface area contributed by atoms with Crippen LogP contribution < -0.4 is 11.3 Å². The first-order valence-corrected chi connectivity index (χ1v) is 6.69. The smallest absolute Gasteiger partial charge is 0.280 e. The number of imidazole rings is 1. The molecule has 3 rings (SSSR count). The van der Waals surface area contributed by atoms with Gasteiger partial charge in [-0.05, 0) is 5.53 Å². The van der Waals surface area contributed by atoms with Gasteiger partial charge in [0.05, 0.1) is 19.0 Å². The minimum Gasteiger partial charge on any atom is -0.393 e. The maximum Gasteiger partial charge on any atom is 0.280 e. The number of H-pyrrole nitrogens is 1. The molecule has 2 aromatic heterocycles. The van der Waals surface area contributed by atoms with Crippen LogP contribution in [0.4, 0.5) is 5.95 Å². The lowest BCUT2D eigenvalue weighted by Crippen LogP contribution is -2.42. The highest BCUT2D eigenvalue weighted by Crippen LogP contribution is 2.42. The number of aliphatic hydroxyl groups excluding tert-OH is 2. The number of hydrogen-bond acceptors (Lipinski definition) is 8. The molecule has 122 valence electrons. The molecular formula is C11H14N8O4. The number of nitrogens with zero attached hydrogens (tertiary/aromatic N) is 6. The molecule has 1 saturated heterocycles. The summed E-state index contributed by atoms with van der Waals surface area (Å²) in [4.78, 5) is 24.7. The first-order valence-electron chi connectivity index (χ1n) is 6.69. The molecule has 0 amide bonds. The Bertz CT molecular complexity index is 855. The van der Waals surface area contributed by atoms with Gasteiger partial charge in [-0.3, -0.25) is 14.3 Å². The van der Waals surface area contributed by atoms with E-state index < -0.39 is 36.1 Å². The van der Waals surface area contributed by atoms with Gasteiger partial charge in [-0.1, -0.05) is 12.0 Å². The summed E-state index contributed by atoms with van der Waals surface area (Å²) in [6, 6.07) is 0. The number of hydrogen-bond donors (Lipinski definition) is 4. The molecule has 0 aromatic carbocycles. The maximum atomic E-state index is 11.8. The number of anilines is 1. The van der Waals surface area contributed by atoms with Crippen LogP contribution in [0.15, 0.2) is 16.2 Å². The number of aromatic nitrogens is 4. The van der Waals surface area contributed by atoms with Gasteiger partial charge in [0.2, 0.25) is 5.95 Å². The van der Waals surface area contributed by atoms with Crippen molar-refractivity contribution in [2.75, 3.05) is 12.3 Å². The second-order valence-corrected chi connectivity index (χ2v) is 5.28. The molecule has 1 aliphatic heterocycles. The van der Waals surface area contributed by atoms with Crippen LogP contribution in [0, 0.1) is 5.92 Å². The fourth-order valence-electron chi connectivity index (χ4n) is 2.71. The molecular weight excluding hydrogens is 308 g/mol. The fraction of sp³-hybridized carbons (Fsp3) is 0.545. The summed E-state index contributed by atoms with van der Waals surface area (Å²) in [5, 5.41) is 23.2. The van der Waals surface area contributed by atoms with E-state index in [1.54, 1.807) is 6.92 Å². The van der Waals surface area contributed by atoms with Crippen molar-refractivity contribution in [3.63, 3.8) is 0 Å². The van der Waals surface area contributed by atoms with E-state index >= 15 is 0 Å². The van der Waals surface area contributed by atoms with Gasteiger partial charge in [0.25, 0.3) is 5.56 Å². The van der Waals surface area contributed by atoms with E-state index in [1.807, 2.05) is 0 Å². The maximum absolute atomic E-state index is 11.8. The molecule has 23 heavy (non-hydrogen) atoms. The van der Waals surface area contributed by atoms with Gasteiger partial charge in [0.15, 0.2) is 16.9 Å². The topological polar surface area (TPSA) is 188 Å². The number of aliphatic hydroxyl groups is 2. The van der Waals surface area contributed by atoms with Crippen LogP contribution in [-0.2, 0) is 4.74 Å². The van der Waals surface area contributed by atoms with Gasteiger partial charge in [-0.25, -0.2) is 4.98 Å². The lowest BCUT2D eigenvalue weighted by atomic mass is 9.98. The first kappa shape index (κ1) is 15.2. The molecule has 1 aliphatic rings. The molecule has 5 N–H and O–H groups in total. The zero-order chi connectivity index (χ0) is 16.8. The van der Waals surface area contributed by atoms with E-state index in [0.717, 1.165) is 0 Å². The van der Waals surface area contributed by atoms with Crippen LogP contribution >= 0.6 is 0 Å². The van der Waals surface area contributed by atoms with E-state index in [1.165, 1.54) is 10.9 Å². The van der Waals surface area contributed by atoms with Crippen LogP contribution in [0.5, 0.6) is 0 Å². The molecule has 2 aromatic rings. The molecule has 12 nitrogen and oxygen atoms in total. The summed E-state index contributed by atoms with van der Waals surface area (Å²) in [6.45, 7) is 0.934. The molecule has 4 atom stereocenters. The molecule has 0 spiro atoms. The van der Waals surface area contributed by atoms with E-state index in [4.69, 9.17) is 16.0 Å². The summed E-state index contributed by atoms with van der Waals surface area (Å²) in [7, 11) is 0. The molecule has 0 unspecified atom stereocenters. The molecule has 3 heterocycles. The number of nitrogens with two attached hydrogens (primary N) is 1. The Morgan fingerprint density at radius 3 is 3.09 bits per heavy atom. The normalized spacial score (nSPS) is 30.5. The standard InChI is InChI=1S/C11H14N8O4/c1-4-6(21)11(2-20,17-18-13)23-9(4)19-3-14-5-7(19)15-10(12)16-8(5)22/h3-4,6,9,20-21H,2H2,1H3,(H3,12,15,16,22)/t4-,6-,9-,11+/m0/s1. The third-order valence-corrected chi connectivity index (χ3v) is 3.90. The summed E-state index contributed by atoms with van der Waals surface area (Å²) < 4.78 is 7.01. The van der Waals surface area contributed by atoms with Gasteiger partial charge < -0.3 is 20.7 Å². The van der Waals surface area contributed by atoms with Crippen molar-refractivity contribution in [2.45, 2.75) is 25.0 Å². The molecule has 12 heteroatoms. The Morgan fingerprint density at radius 1 is 1.70 bits per heavy atom. The molecule has 0 radical (unpaired) electrons. The van der Waals surface area contributed by atoms with Gasteiger partial charge >= 0.3 is 0 Å². The highest BCUT2D eigenvalue weighted by atomic mass is 16.6. The van der Waals surface area contributed by atoms with Gasteiger partial charge in [0, 0.05) is 10.8 Å². The Labute approximate surface area is 128 Å². The van der Waals surface area contributed by atoms with Crippen molar-refractivity contribution in [2.24, 2.45) is 11.0 Å². The summed E-state index contributed by atoms with van der Waals surface area (Å²) in [5.41, 5.74) is 12.1. The number of aromatic amines is 1. The second kappa shape index (κ2) is 5.21. The van der Waals surface area contributed by atoms with Crippen molar-refractivity contribution < 1.29 is 14.9 Å². The minimum absolute atomic E-state index is 0.0507. The van der Waals surface area contributed by atoms with Crippen molar-refractivity contribution in [3.05, 3.63) is 27.1 Å². The van der Waals surface area contributed by atoms with Crippen molar-refractivity contribution in [1.82, 2.24) is 19.5 Å². The van der Waals surface area contributed by atoms with E-state index in [0.29, 0.717) is 0 Å². The zero-order valence-corrected chi connectivity index (χ0v) is 12.0. The van der Waals surface area contributed by atoms with Gasteiger partial charge in [-0.2, -0.15) is 4.98 Å². The number of azide groups is 1. The molecule has 0 saturated carbocycles. The minimum atomic E-state index is -1.82. The van der Waals surface area contributed by atoms with Crippen LogP contribution in [0.3, 0.4) is 0 Å². The van der Waals surface area contributed by atoms with E-state index in [9.17, 15) is 15.0 Å². The largest absolute Gasteiger partial charge is 0.393 e. The predicted octanol–water partition coefficient (Wildman–Crippen LogP) is -0.774. The van der Waals surface area contributed by atoms with Crippen LogP contribution in [0.1, 0.15) is 13.2 Å². The SMILES string of the molecule is C[C@@H]1[C@@H](n2cnc3c(=O)[nH]c(N)nc32)O[C@@](CO)(N=[N+]=[N-])[C@H]1O. The third-order valence-electron chi connectivity index (χ3n) is 3.90. The summed E-state index contributed by atoms with van der Waals surface area (Å²) in [5.74, 6) is -0.675. The van der Waals surface area contributed by atoms with E-state index in [2.05, 4.69) is 25.0 Å². The van der Waals surface area contributed by atoms with Crippen LogP contribution in [-0.4, -0.2) is 48.2 Å². The highest BCUT2D eigenvalue weighted by molar-refractivity contribution is 5.70. The lowest BCUT2D eigenvalue weighted by Gasteiger charge is -2.24.